The van der Waals surface area contributed by atoms with Crippen molar-refractivity contribution in [2.75, 3.05) is 13.1 Å². The molecule has 3 nitrogen and oxygen atoms in total. The lowest BCUT2D eigenvalue weighted by atomic mass is 10.0. The Bertz CT molecular complexity index is 497. The molecule has 1 aromatic carbocycles. The number of hydrogen-bond donors (Lipinski definition) is 1. The van der Waals surface area contributed by atoms with Gasteiger partial charge in [-0.25, -0.2) is 0 Å². The van der Waals surface area contributed by atoms with Crippen molar-refractivity contribution in [1.29, 1.82) is 0 Å². The molecule has 0 unspecified atom stereocenters. The van der Waals surface area contributed by atoms with E-state index in [4.69, 9.17) is 23.2 Å². The van der Waals surface area contributed by atoms with Crippen LogP contribution in [0.3, 0.4) is 0 Å². The molecule has 0 aliphatic carbocycles. The van der Waals surface area contributed by atoms with Crippen LogP contribution in [0, 0.1) is 0 Å². The van der Waals surface area contributed by atoms with E-state index in [0.29, 0.717) is 22.5 Å². The minimum absolute atomic E-state index is 0.0522. The molecule has 1 N–H and O–H groups in total. The molecule has 0 bridgehead atoms. The fourth-order valence-corrected chi connectivity index (χ4v) is 2.99. The number of benzene rings is 1. The Balaban J connectivity index is 1.81. The smallest absolute Gasteiger partial charge is 0.224 e. The summed E-state index contributed by atoms with van der Waals surface area (Å²) in [5, 5.41) is 4.13. The zero-order chi connectivity index (χ0) is 15.4. The van der Waals surface area contributed by atoms with Gasteiger partial charge in [0, 0.05) is 25.2 Å². The zero-order valence-corrected chi connectivity index (χ0v) is 14.0. The number of hydrogen-bond acceptors (Lipinski definition) is 2. The quantitative estimate of drug-likeness (QED) is 0.917. The van der Waals surface area contributed by atoms with Crippen LogP contribution in [0.25, 0.3) is 0 Å². The molecule has 0 atom stereocenters. The molecule has 1 aliphatic rings. The molecule has 21 heavy (non-hydrogen) atoms. The molecule has 0 radical (unpaired) electrons. The van der Waals surface area contributed by atoms with E-state index in [2.05, 4.69) is 24.1 Å². The first-order valence-electron chi connectivity index (χ1n) is 7.43. The summed E-state index contributed by atoms with van der Waals surface area (Å²) in [5.74, 6) is 0.0522. The van der Waals surface area contributed by atoms with Crippen molar-refractivity contribution < 1.29 is 4.79 Å². The Morgan fingerprint density at radius 2 is 1.95 bits per heavy atom. The number of amides is 1. The summed E-state index contributed by atoms with van der Waals surface area (Å²) in [7, 11) is 0. The molecule has 116 valence electrons. The second kappa shape index (κ2) is 7.48. The van der Waals surface area contributed by atoms with Crippen LogP contribution < -0.4 is 5.32 Å². The molecule has 1 saturated heterocycles. The van der Waals surface area contributed by atoms with Gasteiger partial charge in [0.05, 0.1) is 16.5 Å². The van der Waals surface area contributed by atoms with Gasteiger partial charge in [-0.3, -0.25) is 4.79 Å². The summed E-state index contributed by atoms with van der Waals surface area (Å²) in [5.41, 5.74) is 0.890. The molecule has 0 aromatic heterocycles. The normalized spacial score (nSPS) is 17.2. The van der Waals surface area contributed by atoms with Crippen LogP contribution in [-0.2, 0) is 11.2 Å². The highest BCUT2D eigenvalue weighted by molar-refractivity contribution is 6.42. The van der Waals surface area contributed by atoms with E-state index in [9.17, 15) is 4.79 Å². The molecule has 1 amide bonds. The van der Waals surface area contributed by atoms with E-state index in [1.807, 2.05) is 6.07 Å². The fourth-order valence-electron chi connectivity index (χ4n) is 2.67. The first kappa shape index (κ1) is 16.6. The van der Waals surface area contributed by atoms with Gasteiger partial charge in [-0.2, -0.15) is 0 Å². The second-order valence-electron chi connectivity index (χ2n) is 5.90. The molecule has 1 fully saturated rings. The maximum Gasteiger partial charge on any atom is 0.224 e. The van der Waals surface area contributed by atoms with Crippen LogP contribution in [0.15, 0.2) is 18.2 Å². The molecule has 1 heterocycles. The molecular weight excluding hydrogens is 307 g/mol. The largest absolute Gasteiger partial charge is 0.353 e. The van der Waals surface area contributed by atoms with Crippen LogP contribution in [-0.4, -0.2) is 36.0 Å². The topological polar surface area (TPSA) is 32.3 Å². The summed E-state index contributed by atoms with van der Waals surface area (Å²) < 4.78 is 0. The van der Waals surface area contributed by atoms with Crippen molar-refractivity contribution >= 4 is 29.1 Å². The lowest BCUT2D eigenvalue weighted by Crippen LogP contribution is -2.46. The Kier molecular flexibility index (Phi) is 5.91. The molecule has 0 spiro atoms. The lowest BCUT2D eigenvalue weighted by Gasteiger charge is -2.34. The van der Waals surface area contributed by atoms with E-state index in [0.717, 1.165) is 31.5 Å². The maximum absolute atomic E-state index is 12.1. The summed E-state index contributed by atoms with van der Waals surface area (Å²) in [4.78, 5) is 14.5. The van der Waals surface area contributed by atoms with E-state index >= 15 is 0 Å². The van der Waals surface area contributed by atoms with Crippen LogP contribution in [0.2, 0.25) is 10.0 Å². The van der Waals surface area contributed by atoms with Gasteiger partial charge in [0.15, 0.2) is 0 Å². The van der Waals surface area contributed by atoms with Crippen LogP contribution in [0.4, 0.5) is 0 Å². The Labute approximate surface area is 136 Å². The highest BCUT2D eigenvalue weighted by atomic mass is 35.5. The standard InChI is InChI=1S/C16H22Cl2N2O/c1-11(2)20-7-5-13(6-8-20)19-16(21)10-12-3-4-14(17)15(18)9-12/h3-4,9,11,13H,5-8,10H2,1-2H3,(H,19,21). The van der Waals surface area contributed by atoms with Gasteiger partial charge < -0.3 is 10.2 Å². The summed E-state index contributed by atoms with van der Waals surface area (Å²) in [6, 6.07) is 6.20. The van der Waals surface area contributed by atoms with E-state index in [1.165, 1.54) is 0 Å². The average Bonchev–Trinajstić information content (AvgIpc) is 2.43. The number of carbonyl (C=O) groups is 1. The minimum atomic E-state index is 0.0522. The van der Waals surface area contributed by atoms with Crippen molar-refractivity contribution in [3.8, 4) is 0 Å². The van der Waals surface area contributed by atoms with Crippen LogP contribution in [0.5, 0.6) is 0 Å². The lowest BCUT2D eigenvalue weighted by molar-refractivity contribution is -0.121. The average molecular weight is 329 g/mol. The van der Waals surface area contributed by atoms with Gasteiger partial charge in [-0.05, 0) is 44.4 Å². The fraction of sp³-hybridized carbons (Fsp3) is 0.562. The molecule has 0 saturated carbocycles. The number of nitrogens with one attached hydrogen (secondary N) is 1. The predicted molar refractivity (Wildman–Crippen MR) is 88.0 cm³/mol. The third-order valence-corrected chi connectivity index (χ3v) is 4.71. The number of likely N-dealkylation sites (tertiary alicyclic amines) is 1. The first-order valence-corrected chi connectivity index (χ1v) is 8.18. The molecule has 5 heteroatoms. The van der Waals surface area contributed by atoms with Gasteiger partial charge >= 0.3 is 0 Å². The second-order valence-corrected chi connectivity index (χ2v) is 6.71. The molecular formula is C16H22Cl2N2O. The zero-order valence-electron chi connectivity index (χ0n) is 12.5. The number of carbonyl (C=O) groups excluding carboxylic acids is 1. The third-order valence-electron chi connectivity index (χ3n) is 3.97. The summed E-state index contributed by atoms with van der Waals surface area (Å²) in [6.07, 6.45) is 2.39. The number of piperidine rings is 1. The van der Waals surface area contributed by atoms with Gasteiger partial charge in [0.2, 0.25) is 5.91 Å². The van der Waals surface area contributed by atoms with Crippen molar-refractivity contribution in [2.45, 2.75) is 45.2 Å². The monoisotopic (exact) mass is 328 g/mol. The van der Waals surface area contributed by atoms with E-state index in [-0.39, 0.29) is 11.9 Å². The van der Waals surface area contributed by atoms with Gasteiger partial charge in [-0.15, -0.1) is 0 Å². The van der Waals surface area contributed by atoms with Crippen molar-refractivity contribution in [3.05, 3.63) is 33.8 Å². The van der Waals surface area contributed by atoms with Crippen molar-refractivity contribution in [1.82, 2.24) is 10.2 Å². The highest BCUT2D eigenvalue weighted by Crippen LogP contribution is 2.22. The van der Waals surface area contributed by atoms with Gasteiger partial charge in [0.1, 0.15) is 0 Å². The molecule has 1 aliphatic heterocycles. The number of nitrogens with zero attached hydrogens (tertiary/aromatic N) is 1. The molecule has 2 rings (SSSR count). The Morgan fingerprint density at radius 3 is 2.52 bits per heavy atom. The predicted octanol–water partition coefficient (Wildman–Crippen LogP) is 3.52. The van der Waals surface area contributed by atoms with Crippen LogP contribution in [0.1, 0.15) is 32.3 Å². The minimum Gasteiger partial charge on any atom is -0.353 e. The first-order chi connectivity index (χ1) is 9.95. The Hall–Kier alpha value is -0.770. The summed E-state index contributed by atoms with van der Waals surface area (Å²) in [6.45, 7) is 6.52. The van der Waals surface area contributed by atoms with Crippen molar-refractivity contribution in [2.24, 2.45) is 0 Å². The van der Waals surface area contributed by atoms with Crippen molar-refractivity contribution in [3.63, 3.8) is 0 Å². The highest BCUT2D eigenvalue weighted by Gasteiger charge is 2.21. The SMILES string of the molecule is CC(C)N1CCC(NC(=O)Cc2ccc(Cl)c(Cl)c2)CC1. The van der Waals surface area contributed by atoms with E-state index < -0.39 is 0 Å². The van der Waals surface area contributed by atoms with E-state index in [1.54, 1.807) is 12.1 Å². The number of rotatable bonds is 4. The van der Waals surface area contributed by atoms with Gasteiger partial charge in [-0.1, -0.05) is 29.3 Å². The third kappa shape index (κ3) is 4.87. The summed E-state index contributed by atoms with van der Waals surface area (Å²) >= 11 is 11.8. The Morgan fingerprint density at radius 1 is 1.29 bits per heavy atom. The molecule has 1 aromatic rings. The van der Waals surface area contributed by atoms with Gasteiger partial charge in [0.25, 0.3) is 0 Å². The van der Waals surface area contributed by atoms with Crippen LogP contribution >= 0.6 is 23.2 Å². The maximum atomic E-state index is 12.1. The number of halogens is 2.